The normalized spacial score (nSPS) is 13.1. The van der Waals surface area contributed by atoms with E-state index in [1.165, 1.54) is 4.88 Å². The van der Waals surface area contributed by atoms with E-state index in [4.69, 9.17) is 0 Å². The van der Waals surface area contributed by atoms with Gasteiger partial charge in [-0.15, -0.1) is 11.3 Å². The molecule has 0 amide bonds. The fraction of sp³-hybridized carbons (Fsp3) is 0.667. The lowest BCUT2D eigenvalue weighted by Gasteiger charge is -1.99. The van der Waals surface area contributed by atoms with Crippen LogP contribution in [0.25, 0.3) is 0 Å². The molecule has 1 aromatic rings. The Balaban J connectivity index is 2.28. The summed E-state index contributed by atoms with van der Waals surface area (Å²) in [5.74, 6) is 0.712. The van der Waals surface area contributed by atoms with Crippen LogP contribution < -0.4 is 5.32 Å². The van der Waals surface area contributed by atoms with Crippen LogP contribution >= 0.6 is 11.3 Å². The van der Waals surface area contributed by atoms with E-state index in [9.17, 15) is 4.21 Å². The van der Waals surface area contributed by atoms with Crippen LogP contribution in [0.3, 0.4) is 0 Å². The molecule has 14 heavy (non-hydrogen) atoms. The van der Waals surface area contributed by atoms with E-state index in [0.29, 0.717) is 5.75 Å². The summed E-state index contributed by atoms with van der Waals surface area (Å²) in [4.78, 5) is 5.69. The molecule has 3 nitrogen and oxygen atoms in total. The molecule has 1 N–H and O–H groups in total. The molecule has 0 aliphatic heterocycles. The standard InChI is InChI=1S/C9H16N2OS2/c1-7-8(2)13-9(11-7)6-10-4-5-14(3)12/h10H,4-6H2,1-3H3. The Morgan fingerprint density at radius 2 is 2.21 bits per heavy atom. The predicted octanol–water partition coefficient (Wildman–Crippen LogP) is 1.23. The van der Waals surface area contributed by atoms with Crippen molar-refractivity contribution in [2.24, 2.45) is 0 Å². The molecule has 0 spiro atoms. The van der Waals surface area contributed by atoms with E-state index in [-0.39, 0.29) is 0 Å². The lowest BCUT2D eigenvalue weighted by atomic mass is 10.4. The van der Waals surface area contributed by atoms with Gasteiger partial charge < -0.3 is 5.32 Å². The van der Waals surface area contributed by atoms with Crippen molar-refractivity contribution in [1.82, 2.24) is 10.3 Å². The fourth-order valence-corrected chi connectivity index (χ4v) is 2.36. The summed E-state index contributed by atoms with van der Waals surface area (Å²) < 4.78 is 10.8. The predicted molar refractivity (Wildman–Crippen MR) is 62.2 cm³/mol. The van der Waals surface area contributed by atoms with Gasteiger partial charge in [-0.1, -0.05) is 0 Å². The van der Waals surface area contributed by atoms with Crippen LogP contribution in [0.4, 0.5) is 0 Å². The van der Waals surface area contributed by atoms with E-state index >= 15 is 0 Å². The molecule has 0 bridgehead atoms. The summed E-state index contributed by atoms with van der Waals surface area (Å²) in [7, 11) is -0.702. The average Bonchev–Trinajstić information content (AvgIpc) is 2.40. The summed E-state index contributed by atoms with van der Waals surface area (Å²) in [5, 5.41) is 4.34. The topological polar surface area (TPSA) is 42.0 Å². The van der Waals surface area contributed by atoms with Crippen molar-refractivity contribution >= 4 is 22.1 Å². The number of aromatic nitrogens is 1. The second kappa shape index (κ2) is 5.58. The lowest BCUT2D eigenvalue weighted by Crippen LogP contribution is -2.19. The maximum Gasteiger partial charge on any atom is 0.107 e. The highest BCUT2D eigenvalue weighted by Crippen LogP contribution is 2.15. The van der Waals surface area contributed by atoms with Crippen molar-refractivity contribution in [2.45, 2.75) is 20.4 Å². The average molecular weight is 232 g/mol. The molecule has 0 saturated carbocycles. The molecule has 80 valence electrons. The highest BCUT2D eigenvalue weighted by molar-refractivity contribution is 7.84. The van der Waals surface area contributed by atoms with E-state index in [1.54, 1.807) is 17.6 Å². The molecule has 1 rings (SSSR count). The molecule has 1 heterocycles. The summed E-state index contributed by atoms with van der Waals surface area (Å²) in [6, 6.07) is 0. The Bertz CT molecular complexity index is 303. The van der Waals surface area contributed by atoms with E-state index in [1.807, 2.05) is 6.92 Å². The van der Waals surface area contributed by atoms with Gasteiger partial charge in [0.1, 0.15) is 5.01 Å². The quantitative estimate of drug-likeness (QED) is 0.776. The van der Waals surface area contributed by atoms with Gasteiger partial charge in [-0.3, -0.25) is 4.21 Å². The van der Waals surface area contributed by atoms with Crippen LogP contribution in [0.1, 0.15) is 15.6 Å². The van der Waals surface area contributed by atoms with Gasteiger partial charge in [0.2, 0.25) is 0 Å². The Morgan fingerprint density at radius 1 is 1.50 bits per heavy atom. The molecule has 0 saturated heterocycles. The maximum atomic E-state index is 10.8. The summed E-state index contributed by atoms with van der Waals surface area (Å²) in [6.07, 6.45) is 1.72. The second-order valence-electron chi connectivity index (χ2n) is 3.20. The molecule has 0 aliphatic carbocycles. The van der Waals surface area contributed by atoms with Gasteiger partial charge in [0.25, 0.3) is 0 Å². The van der Waals surface area contributed by atoms with Crippen LogP contribution in [0, 0.1) is 13.8 Å². The first kappa shape index (κ1) is 11.8. The SMILES string of the molecule is Cc1nc(CNCCS(C)=O)sc1C. The van der Waals surface area contributed by atoms with Gasteiger partial charge in [-0.05, 0) is 13.8 Å². The molecule has 0 fully saturated rings. The third kappa shape index (κ3) is 3.86. The molecule has 1 atom stereocenters. The minimum absolute atomic E-state index is 0.702. The Hall–Kier alpha value is -0.260. The van der Waals surface area contributed by atoms with E-state index in [0.717, 1.165) is 23.8 Å². The van der Waals surface area contributed by atoms with Crippen molar-refractivity contribution in [3.63, 3.8) is 0 Å². The molecule has 0 aliphatic rings. The molecule has 1 unspecified atom stereocenters. The molecule has 0 aromatic carbocycles. The van der Waals surface area contributed by atoms with Gasteiger partial charge in [-0.25, -0.2) is 4.98 Å². The van der Waals surface area contributed by atoms with Crippen molar-refractivity contribution in [2.75, 3.05) is 18.6 Å². The minimum atomic E-state index is -0.702. The zero-order chi connectivity index (χ0) is 10.6. The van der Waals surface area contributed by atoms with E-state index < -0.39 is 10.8 Å². The van der Waals surface area contributed by atoms with Gasteiger partial charge >= 0.3 is 0 Å². The van der Waals surface area contributed by atoms with Crippen LogP contribution in [0.15, 0.2) is 0 Å². The largest absolute Gasteiger partial charge is 0.310 e. The number of rotatable bonds is 5. The monoisotopic (exact) mass is 232 g/mol. The lowest BCUT2D eigenvalue weighted by molar-refractivity contribution is 0.676. The van der Waals surface area contributed by atoms with Crippen LogP contribution in [0.5, 0.6) is 0 Å². The molecule has 5 heteroatoms. The van der Waals surface area contributed by atoms with Gasteiger partial charge in [0.15, 0.2) is 0 Å². The number of hydrogen-bond acceptors (Lipinski definition) is 4. The first-order valence-corrected chi connectivity index (χ1v) is 7.07. The summed E-state index contributed by atoms with van der Waals surface area (Å²) in [6.45, 7) is 5.69. The number of hydrogen-bond donors (Lipinski definition) is 1. The molecular formula is C9H16N2OS2. The summed E-state index contributed by atoms with van der Waals surface area (Å²) >= 11 is 1.72. The fourth-order valence-electron chi connectivity index (χ4n) is 1.03. The highest BCUT2D eigenvalue weighted by Gasteiger charge is 2.02. The van der Waals surface area contributed by atoms with Gasteiger partial charge in [0, 0.05) is 40.8 Å². The molecular weight excluding hydrogens is 216 g/mol. The first-order valence-electron chi connectivity index (χ1n) is 4.53. The van der Waals surface area contributed by atoms with Crippen LogP contribution in [-0.4, -0.2) is 27.7 Å². The maximum absolute atomic E-state index is 10.8. The Morgan fingerprint density at radius 3 is 2.71 bits per heavy atom. The molecule has 1 aromatic heterocycles. The minimum Gasteiger partial charge on any atom is -0.310 e. The zero-order valence-corrected chi connectivity index (χ0v) is 10.4. The Labute approximate surface area is 91.4 Å². The number of thiazole rings is 1. The second-order valence-corrected chi connectivity index (χ2v) is 6.05. The number of nitrogens with zero attached hydrogens (tertiary/aromatic N) is 1. The number of aryl methyl sites for hydroxylation is 2. The smallest absolute Gasteiger partial charge is 0.107 e. The van der Waals surface area contributed by atoms with E-state index in [2.05, 4.69) is 17.2 Å². The van der Waals surface area contributed by atoms with Gasteiger partial charge in [-0.2, -0.15) is 0 Å². The zero-order valence-electron chi connectivity index (χ0n) is 8.79. The molecule has 0 radical (unpaired) electrons. The Kier molecular flexibility index (Phi) is 4.71. The number of nitrogens with one attached hydrogen (secondary N) is 1. The van der Waals surface area contributed by atoms with Crippen LogP contribution in [0.2, 0.25) is 0 Å². The highest BCUT2D eigenvalue weighted by atomic mass is 32.2. The van der Waals surface area contributed by atoms with Crippen LogP contribution in [-0.2, 0) is 17.3 Å². The third-order valence-electron chi connectivity index (χ3n) is 1.92. The van der Waals surface area contributed by atoms with Crippen molar-refractivity contribution < 1.29 is 4.21 Å². The van der Waals surface area contributed by atoms with Crippen molar-refractivity contribution in [3.8, 4) is 0 Å². The van der Waals surface area contributed by atoms with Crippen molar-refractivity contribution in [3.05, 3.63) is 15.6 Å². The third-order valence-corrected chi connectivity index (χ3v) is 3.77. The van der Waals surface area contributed by atoms with Gasteiger partial charge in [0.05, 0.1) is 5.69 Å². The van der Waals surface area contributed by atoms with Crippen molar-refractivity contribution in [1.29, 1.82) is 0 Å². The first-order chi connectivity index (χ1) is 6.59. The summed E-state index contributed by atoms with van der Waals surface area (Å²) in [5.41, 5.74) is 1.12.